The normalized spacial score (nSPS) is 13.5. The van der Waals surface area contributed by atoms with Crippen molar-refractivity contribution in [1.29, 1.82) is 0 Å². The van der Waals surface area contributed by atoms with E-state index in [0.29, 0.717) is 5.56 Å². The van der Waals surface area contributed by atoms with Gasteiger partial charge < -0.3 is 54.8 Å². The molecule has 0 spiro atoms. The highest BCUT2D eigenvalue weighted by atomic mass is 16.4. The Labute approximate surface area is 241 Å². The molecule has 0 aliphatic carbocycles. The average molecular weight is 594 g/mol. The second-order valence-corrected chi connectivity index (χ2v) is 9.46. The second kappa shape index (κ2) is 17.7. The number of rotatable bonds is 19. The number of aliphatic imine (C=N–C) groups is 1. The molecule has 0 aliphatic heterocycles. The van der Waals surface area contributed by atoms with Crippen LogP contribution in [0.1, 0.15) is 44.1 Å². The van der Waals surface area contributed by atoms with Crippen LogP contribution in [0.15, 0.2) is 29.3 Å². The van der Waals surface area contributed by atoms with Crippen LogP contribution in [-0.2, 0) is 35.2 Å². The number of carboxylic acids is 1. The van der Waals surface area contributed by atoms with Gasteiger partial charge in [0.05, 0.1) is 6.04 Å². The third kappa shape index (κ3) is 13.9. The summed E-state index contributed by atoms with van der Waals surface area (Å²) in [7, 11) is 0. The van der Waals surface area contributed by atoms with Crippen LogP contribution in [0.2, 0.25) is 0 Å². The largest absolute Gasteiger partial charge is 0.508 e. The lowest BCUT2D eigenvalue weighted by molar-refractivity contribution is -0.142. The first-order valence-electron chi connectivity index (χ1n) is 13.0. The number of benzene rings is 1. The fourth-order valence-corrected chi connectivity index (χ4v) is 3.65. The first-order chi connectivity index (χ1) is 19.7. The molecule has 0 aliphatic rings. The number of hydrogen-bond donors (Lipinski definition) is 10. The lowest BCUT2D eigenvalue weighted by Gasteiger charge is -2.25. The van der Waals surface area contributed by atoms with Crippen LogP contribution < -0.4 is 44.6 Å². The second-order valence-electron chi connectivity index (χ2n) is 9.46. The maximum absolute atomic E-state index is 13.2. The quantitative estimate of drug-likeness (QED) is 0.0424. The third-order valence-electron chi connectivity index (χ3n) is 5.92. The monoisotopic (exact) mass is 593 g/mol. The zero-order valence-corrected chi connectivity index (χ0v) is 23.0. The molecule has 0 bridgehead atoms. The number of hydrogen-bond acceptors (Lipinski definition) is 9. The molecule has 0 saturated carbocycles. The number of primary amides is 2. The molecule has 0 saturated heterocycles. The van der Waals surface area contributed by atoms with Crippen molar-refractivity contribution in [2.45, 2.75) is 69.1 Å². The number of phenols is 1. The molecule has 0 heterocycles. The molecule has 1 rings (SSSR count). The van der Waals surface area contributed by atoms with E-state index < -0.39 is 59.7 Å². The van der Waals surface area contributed by atoms with Crippen LogP contribution in [-0.4, -0.2) is 82.4 Å². The summed E-state index contributed by atoms with van der Waals surface area (Å²) < 4.78 is 0. The van der Waals surface area contributed by atoms with Crippen LogP contribution in [0.3, 0.4) is 0 Å². The van der Waals surface area contributed by atoms with Gasteiger partial charge in [-0.3, -0.25) is 29.0 Å². The Bertz CT molecular complexity index is 1140. The summed E-state index contributed by atoms with van der Waals surface area (Å²) in [6.07, 6.45) is -0.771. The lowest BCUT2D eigenvalue weighted by Crippen LogP contribution is -2.57. The Kier molecular flexibility index (Phi) is 14.8. The predicted octanol–water partition coefficient (Wildman–Crippen LogP) is -3.61. The minimum absolute atomic E-state index is 0.000343. The van der Waals surface area contributed by atoms with E-state index in [2.05, 4.69) is 20.9 Å². The zero-order chi connectivity index (χ0) is 31.8. The van der Waals surface area contributed by atoms with Crippen LogP contribution in [0.4, 0.5) is 0 Å². The smallest absolute Gasteiger partial charge is 0.326 e. The molecule has 0 radical (unpaired) electrons. The minimum Gasteiger partial charge on any atom is -0.508 e. The molecule has 4 unspecified atom stereocenters. The first-order valence-corrected chi connectivity index (χ1v) is 13.0. The molecular weight excluding hydrogens is 554 g/mol. The zero-order valence-electron chi connectivity index (χ0n) is 23.0. The molecule has 232 valence electrons. The summed E-state index contributed by atoms with van der Waals surface area (Å²) in [6, 6.07) is 0.417. The van der Waals surface area contributed by atoms with Gasteiger partial charge in [0.2, 0.25) is 29.5 Å². The average Bonchev–Trinajstić information content (AvgIpc) is 2.91. The van der Waals surface area contributed by atoms with Gasteiger partial charge in [-0.25, -0.2) is 4.79 Å². The molecule has 0 fully saturated rings. The molecular formula is C25H39N9O8. The molecule has 4 atom stereocenters. The van der Waals surface area contributed by atoms with E-state index in [9.17, 15) is 39.0 Å². The van der Waals surface area contributed by atoms with E-state index in [1.807, 2.05) is 0 Å². The van der Waals surface area contributed by atoms with E-state index >= 15 is 0 Å². The number of aliphatic carboxylic acids is 1. The standard InChI is InChI=1S/C25H39N9O8/c26-15(7-9-19(27)36)21(38)32-16(2-1-11-31-25(29)30)22(39)33-17(8-10-20(28)37)23(40)34-18(24(41)42)12-13-3-5-14(35)6-4-13/h3-6,15-18,35H,1-2,7-12,26H2,(H2,27,36)(H2,28,37)(H,32,38)(H,33,39)(H,34,40)(H,41,42)(H4,29,30,31). The van der Waals surface area contributed by atoms with Gasteiger partial charge in [-0.05, 0) is 43.4 Å². The summed E-state index contributed by atoms with van der Waals surface area (Å²) in [6.45, 7) is 0.110. The number of amides is 5. The topological polar surface area (TPSA) is 321 Å². The maximum atomic E-state index is 13.2. The van der Waals surface area contributed by atoms with E-state index in [0.717, 1.165) is 0 Å². The number of carboxylic acid groups (broad SMARTS) is 1. The third-order valence-corrected chi connectivity index (χ3v) is 5.92. The summed E-state index contributed by atoms with van der Waals surface area (Å²) in [5.41, 5.74) is 27.2. The van der Waals surface area contributed by atoms with Crippen molar-refractivity contribution in [3.05, 3.63) is 29.8 Å². The SMILES string of the molecule is NC(=O)CCC(N)C(=O)NC(CCCN=C(N)N)C(=O)NC(CCC(N)=O)C(=O)NC(Cc1ccc(O)cc1)C(=O)O. The van der Waals surface area contributed by atoms with Gasteiger partial charge in [-0.15, -0.1) is 0 Å². The van der Waals surface area contributed by atoms with Gasteiger partial charge >= 0.3 is 5.97 Å². The predicted molar refractivity (Wildman–Crippen MR) is 150 cm³/mol. The van der Waals surface area contributed by atoms with Gasteiger partial charge in [0, 0.05) is 25.8 Å². The summed E-state index contributed by atoms with van der Waals surface area (Å²) in [5.74, 6) is -5.55. The Hall–Kier alpha value is -4.93. The number of nitrogens with one attached hydrogen (secondary N) is 3. The van der Waals surface area contributed by atoms with Crippen LogP contribution in [0, 0.1) is 0 Å². The van der Waals surface area contributed by atoms with Crippen molar-refractivity contribution >= 4 is 41.5 Å². The van der Waals surface area contributed by atoms with E-state index in [1.54, 1.807) is 0 Å². The molecule has 1 aromatic rings. The van der Waals surface area contributed by atoms with Crippen LogP contribution in [0.25, 0.3) is 0 Å². The molecule has 17 heteroatoms. The molecule has 5 amide bonds. The Balaban J connectivity index is 3.09. The summed E-state index contributed by atoms with van der Waals surface area (Å²) >= 11 is 0. The molecule has 1 aromatic carbocycles. The number of guanidine groups is 1. The highest BCUT2D eigenvalue weighted by Gasteiger charge is 2.30. The Morgan fingerprint density at radius 3 is 1.76 bits per heavy atom. The highest BCUT2D eigenvalue weighted by Crippen LogP contribution is 2.12. The molecule has 0 aromatic heterocycles. The first kappa shape index (κ1) is 35.1. The van der Waals surface area contributed by atoms with Crippen molar-refractivity contribution < 1.29 is 39.0 Å². The molecule has 17 nitrogen and oxygen atoms in total. The van der Waals surface area contributed by atoms with E-state index in [1.165, 1.54) is 24.3 Å². The minimum atomic E-state index is -1.42. The van der Waals surface area contributed by atoms with Gasteiger partial charge in [-0.2, -0.15) is 0 Å². The van der Waals surface area contributed by atoms with E-state index in [4.69, 9.17) is 28.7 Å². The number of carbonyl (C=O) groups excluding carboxylic acids is 5. The van der Waals surface area contributed by atoms with Crippen LogP contribution >= 0.6 is 0 Å². The van der Waals surface area contributed by atoms with Crippen molar-refractivity contribution in [3.63, 3.8) is 0 Å². The number of phenolic OH excluding ortho intramolecular Hbond substituents is 1. The maximum Gasteiger partial charge on any atom is 0.326 e. The Morgan fingerprint density at radius 2 is 1.24 bits per heavy atom. The molecule has 15 N–H and O–H groups in total. The van der Waals surface area contributed by atoms with Crippen molar-refractivity contribution in [2.75, 3.05) is 6.54 Å². The van der Waals surface area contributed by atoms with Gasteiger partial charge in [0.1, 0.15) is 23.9 Å². The number of carbonyl (C=O) groups is 6. The number of nitrogens with zero attached hydrogens (tertiary/aromatic N) is 1. The lowest BCUT2D eigenvalue weighted by atomic mass is 10.0. The number of nitrogens with two attached hydrogens (primary N) is 5. The van der Waals surface area contributed by atoms with Crippen molar-refractivity contribution in [3.8, 4) is 5.75 Å². The number of aromatic hydroxyl groups is 1. The fourth-order valence-electron chi connectivity index (χ4n) is 3.65. The van der Waals surface area contributed by atoms with E-state index in [-0.39, 0.29) is 63.2 Å². The Morgan fingerprint density at radius 1 is 0.738 bits per heavy atom. The highest BCUT2D eigenvalue weighted by molar-refractivity contribution is 5.94. The van der Waals surface area contributed by atoms with Gasteiger partial charge in [-0.1, -0.05) is 12.1 Å². The van der Waals surface area contributed by atoms with Crippen LogP contribution in [0.5, 0.6) is 5.75 Å². The van der Waals surface area contributed by atoms with Gasteiger partial charge in [0.15, 0.2) is 5.96 Å². The summed E-state index contributed by atoms with van der Waals surface area (Å²) in [5, 5.41) is 26.3. The fraction of sp³-hybridized carbons (Fsp3) is 0.480. The molecule has 42 heavy (non-hydrogen) atoms. The summed E-state index contributed by atoms with van der Waals surface area (Å²) in [4.78, 5) is 77.1. The van der Waals surface area contributed by atoms with Crippen molar-refractivity contribution in [2.24, 2.45) is 33.7 Å². The van der Waals surface area contributed by atoms with Crippen molar-refractivity contribution in [1.82, 2.24) is 16.0 Å². The van der Waals surface area contributed by atoms with Gasteiger partial charge in [0.25, 0.3) is 0 Å².